The van der Waals surface area contributed by atoms with E-state index in [1.54, 1.807) is 12.4 Å². The molecular formula is C12H13N3O2S. The number of nitrogens with zero attached hydrogens (tertiary/aromatic N) is 2. The number of nitrogens with one attached hydrogen (secondary N) is 1. The van der Waals surface area contributed by atoms with Crippen molar-refractivity contribution in [1.29, 1.82) is 0 Å². The number of carbonyl (C=O) groups excluding carboxylic acids is 1. The van der Waals surface area contributed by atoms with Gasteiger partial charge in [0.25, 0.3) is 5.91 Å². The molecule has 2 heterocycles. The first kappa shape index (κ1) is 11.4. The summed E-state index contributed by atoms with van der Waals surface area (Å²) in [6.07, 6.45) is 9.97. The van der Waals surface area contributed by atoms with Gasteiger partial charge in [-0.25, -0.2) is 4.98 Å². The van der Waals surface area contributed by atoms with Crippen LogP contribution in [0, 0.1) is 5.92 Å². The number of aliphatic hydroxyl groups is 1. The van der Waals surface area contributed by atoms with Gasteiger partial charge in [-0.05, 0) is 6.42 Å². The van der Waals surface area contributed by atoms with Gasteiger partial charge in [0.1, 0.15) is 4.88 Å². The second-order valence-electron chi connectivity index (χ2n) is 4.36. The Balaban J connectivity index is 1.68. The molecule has 0 bridgehead atoms. The minimum Gasteiger partial charge on any atom is -0.396 e. The highest BCUT2D eigenvalue weighted by molar-refractivity contribution is 7.18. The lowest BCUT2D eigenvalue weighted by molar-refractivity contribution is 0.0945. The molecule has 0 saturated carbocycles. The SMILES string of the molecule is O=C(N[C@@H]1C=C[C@H](CO)C1)c1cn2ccnc2s1. The van der Waals surface area contributed by atoms with Gasteiger partial charge in [0.2, 0.25) is 0 Å². The lowest BCUT2D eigenvalue weighted by atomic mass is 10.1. The number of aromatic nitrogens is 2. The zero-order chi connectivity index (χ0) is 12.5. The van der Waals surface area contributed by atoms with Crippen molar-refractivity contribution in [2.75, 3.05) is 6.61 Å². The number of aliphatic hydroxyl groups excluding tert-OH is 1. The molecule has 18 heavy (non-hydrogen) atoms. The van der Waals surface area contributed by atoms with E-state index in [1.165, 1.54) is 11.3 Å². The number of amides is 1. The standard InChI is InChI=1S/C12H13N3O2S/c16-7-8-1-2-9(5-8)14-11(17)10-6-15-4-3-13-12(15)18-10/h1-4,6,8-9,16H,5,7H2,(H,14,17)/t8-,9+/m0/s1. The minimum atomic E-state index is -0.0845. The number of imidazole rings is 1. The molecule has 0 spiro atoms. The summed E-state index contributed by atoms with van der Waals surface area (Å²) in [6.45, 7) is 0.135. The molecule has 2 N–H and O–H groups in total. The van der Waals surface area contributed by atoms with Crippen LogP contribution < -0.4 is 5.32 Å². The summed E-state index contributed by atoms with van der Waals surface area (Å²) in [4.78, 5) is 17.6. The highest BCUT2D eigenvalue weighted by Gasteiger charge is 2.21. The fourth-order valence-electron chi connectivity index (χ4n) is 2.09. The first-order chi connectivity index (χ1) is 8.76. The summed E-state index contributed by atoms with van der Waals surface area (Å²) in [5, 5.41) is 12.0. The van der Waals surface area contributed by atoms with Gasteiger partial charge in [-0.15, -0.1) is 0 Å². The summed E-state index contributed by atoms with van der Waals surface area (Å²) in [6, 6.07) is 0.0177. The van der Waals surface area contributed by atoms with E-state index >= 15 is 0 Å². The summed E-state index contributed by atoms with van der Waals surface area (Å²) in [5.74, 6) is 0.0784. The second kappa shape index (κ2) is 4.55. The number of hydrogen-bond donors (Lipinski definition) is 2. The quantitative estimate of drug-likeness (QED) is 0.814. The summed E-state index contributed by atoms with van der Waals surface area (Å²) in [5.41, 5.74) is 0. The van der Waals surface area contributed by atoms with Crippen LogP contribution in [0.3, 0.4) is 0 Å². The zero-order valence-electron chi connectivity index (χ0n) is 9.61. The molecule has 94 valence electrons. The molecule has 5 nitrogen and oxygen atoms in total. The first-order valence-corrected chi connectivity index (χ1v) is 6.60. The van der Waals surface area contributed by atoms with Crippen LogP contribution >= 0.6 is 11.3 Å². The Morgan fingerprint density at radius 1 is 1.61 bits per heavy atom. The van der Waals surface area contributed by atoms with Gasteiger partial charge >= 0.3 is 0 Å². The predicted octanol–water partition coefficient (Wildman–Crippen LogP) is 1.06. The van der Waals surface area contributed by atoms with Gasteiger partial charge in [-0.1, -0.05) is 23.5 Å². The van der Waals surface area contributed by atoms with Gasteiger partial charge in [0.15, 0.2) is 4.96 Å². The fraction of sp³-hybridized carbons (Fsp3) is 0.333. The maximum atomic E-state index is 12.0. The van der Waals surface area contributed by atoms with E-state index in [2.05, 4.69) is 10.3 Å². The normalized spacial score (nSPS) is 22.7. The van der Waals surface area contributed by atoms with E-state index in [0.717, 1.165) is 11.4 Å². The largest absolute Gasteiger partial charge is 0.396 e. The number of hydrogen-bond acceptors (Lipinski definition) is 4. The topological polar surface area (TPSA) is 66.6 Å². The number of rotatable bonds is 3. The lowest BCUT2D eigenvalue weighted by Crippen LogP contribution is -2.32. The van der Waals surface area contributed by atoms with Crippen molar-refractivity contribution in [3.63, 3.8) is 0 Å². The monoisotopic (exact) mass is 263 g/mol. The third-order valence-electron chi connectivity index (χ3n) is 3.04. The fourth-order valence-corrected chi connectivity index (χ4v) is 2.94. The van der Waals surface area contributed by atoms with Crippen LogP contribution in [-0.4, -0.2) is 33.0 Å². The number of fused-ring (bicyclic) bond motifs is 1. The predicted molar refractivity (Wildman–Crippen MR) is 68.7 cm³/mol. The Kier molecular flexibility index (Phi) is 2.89. The minimum absolute atomic E-state index is 0.0177. The van der Waals surface area contributed by atoms with Crippen LogP contribution in [0.25, 0.3) is 4.96 Å². The molecule has 0 radical (unpaired) electrons. The van der Waals surface area contributed by atoms with Crippen molar-refractivity contribution in [3.05, 3.63) is 35.6 Å². The van der Waals surface area contributed by atoms with Crippen molar-refractivity contribution >= 4 is 22.2 Å². The summed E-state index contributed by atoms with van der Waals surface area (Å²) in [7, 11) is 0. The van der Waals surface area contributed by atoms with Gasteiger partial charge in [0.05, 0.1) is 0 Å². The van der Waals surface area contributed by atoms with Gasteiger partial charge in [-0.3, -0.25) is 9.20 Å². The second-order valence-corrected chi connectivity index (χ2v) is 5.36. The molecule has 2 aromatic rings. The van der Waals surface area contributed by atoms with Gasteiger partial charge < -0.3 is 10.4 Å². The van der Waals surface area contributed by atoms with Crippen LogP contribution in [0.1, 0.15) is 16.1 Å². The van der Waals surface area contributed by atoms with Crippen molar-refractivity contribution in [2.45, 2.75) is 12.5 Å². The van der Waals surface area contributed by atoms with Crippen LogP contribution in [-0.2, 0) is 0 Å². The molecular weight excluding hydrogens is 250 g/mol. The average Bonchev–Trinajstić information content (AvgIpc) is 3.02. The van der Waals surface area contributed by atoms with Crippen LogP contribution in [0.4, 0.5) is 0 Å². The van der Waals surface area contributed by atoms with Crippen molar-refractivity contribution < 1.29 is 9.90 Å². The Bertz CT molecular complexity index is 573. The molecule has 0 fully saturated rings. The molecule has 3 rings (SSSR count). The van der Waals surface area contributed by atoms with Gasteiger partial charge in [0, 0.05) is 37.2 Å². The molecule has 0 unspecified atom stereocenters. The van der Waals surface area contributed by atoms with Crippen LogP contribution in [0.15, 0.2) is 30.7 Å². The molecule has 1 aliphatic carbocycles. The van der Waals surface area contributed by atoms with Crippen LogP contribution in [0.2, 0.25) is 0 Å². The third kappa shape index (κ3) is 2.04. The zero-order valence-corrected chi connectivity index (χ0v) is 10.4. The van der Waals surface area contributed by atoms with Crippen LogP contribution in [0.5, 0.6) is 0 Å². The third-order valence-corrected chi connectivity index (χ3v) is 4.05. The Morgan fingerprint density at radius 2 is 2.50 bits per heavy atom. The molecule has 0 aliphatic heterocycles. The Hall–Kier alpha value is -1.66. The number of thiazole rings is 1. The molecule has 1 aliphatic rings. The molecule has 0 aromatic carbocycles. The van der Waals surface area contributed by atoms with Crippen molar-refractivity contribution in [1.82, 2.24) is 14.7 Å². The van der Waals surface area contributed by atoms with E-state index in [4.69, 9.17) is 5.11 Å². The number of carbonyl (C=O) groups is 1. The van der Waals surface area contributed by atoms with Crippen molar-refractivity contribution in [2.24, 2.45) is 5.92 Å². The summed E-state index contributed by atoms with van der Waals surface area (Å²) < 4.78 is 1.83. The van der Waals surface area contributed by atoms with E-state index in [0.29, 0.717) is 4.88 Å². The molecule has 1 amide bonds. The van der Waals surface area contributed by atoms with E-state index < -0.39 is 0 Å². The Morgan fingerprint density at radius 3 is 3.22 bits per heavy atom. The molecule has 6 heteroatoms. The summed E-state index contributed by atoms with van der Waals surface area (Å²) >= 11 is 1.37. The van der Waals surface area contributed by atoms with E-state index in [-0.39, 0.29) is 24.5 Å². The van der Waals surface area contributed by atoms with Gasteiger partial charge in [-0.2, -0.15) is 0 Å². The average molecular weight is 263 g/mol. The lowest BCUT2D eigenvalue weighted by Gasteiger charge is -2.11. The molecule has 2 aromatic heterocycles. The van der Waals surface area contributed by atoms with Crippen molar-refractivity contribution in [3.8, 4) is 0 Å². The first-order valence-electron chi connectivity index (χ1n) is 5.79. The molecule has 2 atom stereocenters. The maximum Gasteiger partial charge on any atom is 0.263 e. The van der Waals surface area contributed by atoms with E-state index in [9.17, 15) is 4.79 Å². The Labute approximate surface area is 108 Å². The van der Waals surface area contributed by atoms with E-state index in [1.807, 2.05) is 22.7 Å². The highest BCUT2D eigenvalue weighted by Crippen LogP contribution is 2.19. The maximum absolute atomic E-state index is 12.0. The molecule has 0 saturated heterocycles. The smallest absolute Gasteiger partial charge is 0.263 e. The highest BCUT2D eigenvalue weighted by atomic mass is 32.1.